The maximum atomic E-state index is 12.7. The van der Waals surface area contributed by atoms with Crippen molar-refractivity contribution in [2.45, 2.75) is 85.1 Å². The Balaban J connectivity index is 1.18. The van der Waals surface area contributed by atoms with Gasteiger partial charge in [-0.15, -0.1) is 28.5 Å². The fourth-order valence-corrected chi connectivity index (χ4v) is 5.31. The van der Waals surface area contributed by atoms with Crippen LogP contribution in [0.4, 0.5) is 28.9 Å². The van der Waals surface area contributed by atoms with Gasteiger partial charge in [0.2, 0.25) is 16.9 Å². The summed E-state index contributed by atoms with van der Waals surface area (Å²) in [6.45, 7) is 8.73. The van der Waals surface area contributed by atoms with E-state index in [0.29, 0.717) is 40.5 Å². The van der Waals surface area contributed by atoms with Gasteiger partial charge in [0, 0.05) is 12.0 Å². The van der Waals surface area contributed by atoms with Crippen LogP contribution >= 0.6 is 11.3 Å². The van der Waals surface area contributed by atoms with Crippen LogP contribution in [-0.2, 0) is 40.0 Å². The van der Waals surface area contributed by atoms with Crippen LogP contribution < -0.4 is 15.4 Å². The Morgan fingerprint density at radius 3 is 2.31 bits per heavy atom. The van der Waals surface area contributed by atoms with Gasteiger partial charge in [0.1, 0.15) is 16.4 Å². The molecule has 4 aromatic rings. The van der Waals surface area contributed by atoms with Gasteiger partial charge in [0.25, 0.3) is 0 Å². The molecule has 4 rings (SSSR count). The van der Waals surface area contributed by atoms with Crippen molar-refractivity contribution < 1.29 is 37.0 Å². The van der Waals surface area contributed by atoms with Gasteiger partial charge in [-0.2, -0.15) is 14.9 Å². The van der Waals surface area contributed by atoms with E-state index >= 15 is 0 Å². The zero-order valence-corrected chi connectivity index (χ0v) is 27.8. The molecule has 0 fully saturated rings. The molecule has 0 saturated heterocycles. The molecule has 0 atom stereocenters. The van der Waals surface area contributed by atoms with E-state index in [4.69, 9.17) is 4.74 Å². The lowest BCUT2D eigenvalue weighted by Gasteiger charge is -2.19. The van der Waals surface area contributed by atoms with Crippen molar-refractivity contribution in [3.8, 4) is 5.75 Å². The van der Waals surface area contributed by atoms with Crippen molar-refractivity contribution >= 4 is 40.2 Å². The van der Waals surface area contributed by atoms with Gasteiger partial charge in [-0.05, 0) is 83.7 Å². The molecule has 17 heteroatoms. The summed E-state index contributed by atoms with van der Waals surface area (Å²) in [5.74, 6) is -0.958. The van der Waals surface area contributed by atoms with E-state index in [1.54, 1.807) is 46.8 Å². The number of unbranched alkanes of at least 4 members (excludes halogenated alkanes) is 1. The van der Waals surface area contributed by atoms with Crippen molar-refractivity contribution in [2.75, 3.05) is 10.6 Å². The summed E-state index contributed by atoms with van der Waals surface area (Å²) >= 11 is 1.28. The average Bonchev–Trinajstić information content (AvgIpc) is 3.53. The molecule has 0 aliphatic heterocycles. The van der Waals surface area contributed by atoms with Crippen LogP contribution in [0.3, 0.4) is 0 Å². The Kier molecular flexibility index (Phi) is 11.5. The molecule has 3 aromatic heterocycles. The molecule has 13 nitrogen and oxygen atoms in total. The summed E-state index contributed by atoms with van der Waals surface area (Å²) in [5.41, 5.74) is 2.10. The molecule has 0 bridgehead atoms. The molecule has 0 saturated carbocycles. The van der Waals surface area contributed by atoms with Crippen molar-refractivity contribution in [3.05, 3.63) is 69.6 Å². The minimum absolute atomic E-state index is 0.00748. The van der Waals surface area contributed by atoms with E-state index in [1.165, 1.54) is 23.5 Å². The molecular formula is C31H35F3N8O5S. The van der Waals surface area contributed by atoms with Gasteiger partial charge < -0.3 is 20.1 Å². The Labute approximate surface area is 278 Å². The Morgan fingerprint density at radius 2 is 1.62 bits per heavy atom. The largest absolute Gasteiger partial charge is 0.573 e. The highest BCUT2D eigenvalue weighted by Gasteiger charge is 2.31. The average molecular weight is 689 g/mol. The van der Waals surface area contributed by atoms with Crippen LogP contribution in [0.15, 0.2) is 36.4 Å². The van der Waals surface area contributed by atoms with Crippen LogP contribution in [0.25, 0.3) is 0 Å². The maximum absolute atomic E-state index is 12.7. The van der Waals surface area contributed by atoms with Gasteiger partial charge in [-0.25, -0.2) is 4.79 Å². The highest BCUT2D eigenvalue weighted by atomic mass is 32.1. The van der Waals surface area contributed by atoms with Gasteiger partial charge in [-0.1, -0.05) is 23.5 Å². The Hall–Kier alpha value is -4.93. The topological polar surface area (TPSA) is 163 Å². The molecule has 48 heavy (non-hydrogen) atoms. The molecule has 2 N–H and O–H groups in total. The molecule has 0 unspecified atom stereocenters. The molecule has 0 aliphatic rings. The van der Waals surface area contributed by atoms with E-state index in [1.807, 2.05) is 0 Å². The first-order valence-corrected chi connectivity index (χ1v) is 15.7. The van der Waals surface area contributed by atoms with Gasteiger partial charge >= 0.3 is 12.5 Å². The summed E-state index contributed by atoms with van der Waals surface area (Å²) in [6, 6.07) is 8.54. The number of halogens is 3. The number of anilines is 2. The number of ether oxygens (including phenoxy) is 2. The van der Waals surface area contributed by atoms with Crippen LogP contribution in [0.2, 0.25) is 0 Å². The third-order valence-corrected chi connectivity index (χ3v) is 7.51. The third kappa shape index (κ3) is 11.1. The third-order valence-electron chi connectivity index (χ3n) is 6.62. The number of carbonyl (C=O) groups is 3. The standard InChI is InChI=1S/C31H35F3N8O5S/c1-18-23(19(2)42(41-18)29(45)47-30(3,4)5)17-26(44)36-28-40-39-27(48-28)12-7-6-10-21-13-14-24(38-37-21)35-25(43)16-20-9-8-11-22(15-20)46-31(32,33)34/h8-9,11,13-15H,6-7,10,12,16-17H2,1-5H3,(H,35,38,43)(H,36,40,44). The van der Waals surface area contributed by atoms with Gasteiger partial charge in [-0.3, -0.25) is 9.59 Å². The highest BCUT2D eigenvalue weighted by Crippen LogP contribution is 2.24. The maximum Gasteiger partial charge on any atom is 0.573 e. The predicted octanol–water partition coefficient (Wildman–Crippen LogP) is 5.75. The first-order valence-electron chi connectivity index (χ1n) is 14.9. The Morgan fingerprint density at radius 1 is 0.896 bits per heavy atom. The fraction of sp³-hybridized carbons (Fsp3) is 0.419. The molecule has 2 amide bonds. The minimum Gasteiger partial charge on any atom is -0.442 e. The number of rotatable bonds is 12. The van der Waals surface area contributed by atoms with Crippen LogP contribution in [0, 0.1) is 13.8 Å². The molecule has 3 heterocycles. The molecule has 1 aromatic carbocycles. The number of hydrogen-bond donors (Lipinski definition) is 2. The van der Waals surface area contributed by atoms with E-state index in [2.05, 4.69) is 40.9 Å². The van der Waals surface area contributed by atoms with Crippen LogP contribution in [0.1, 0.15) is 66.8 Å². The van der Waals surface area contributed by atoms with E-state index in [0.717, 1.165) is 40.4 Å². The zero-order valence-electron chi connectivity index (χ0n) is 27.0. The van der Waals surface area contributed by atoms with Gasteiger partial charge in [0.05, 0.1) is 29.9 Å². The normalized spacial score (nSPS) is 11.7. The number of nitrogens with one attached hydrogen (secondary N) is 2. The second-order valence-electron chi connectivity index (χ2n) is 11.8. The van der Waals surface area contributed by atoms with Crippen LogP contribution in [0.5, 0.6) is 5.75 Å². The summed E-state index contributed by atoms with van der Waals surface area (Å²) in [7, 11) is 0. The zero-order chi connectivity index (χ0) is 35.1. The minimum atomic E-state index is -4.82. The van der Waals surface area contributed by atoms with E-state index < -0.39 is 29.7 Å². The molecular weight excluding hydrogens is 653 g/mol. The number of aromatic nitrogens is 6. The number of hydrogen-bond acceptors (Lipinski definition) is 11. The monoisotopic (exact) mass is 688 g/mol. The SMILES string of the molecule is Cc1nn(C(=O)OC(C)(C)C)c(C)c1CC(=O)Nc1nnc(CCCCc2ccc(NC(=O)Cc3cccc(OC(F)(F)F)c3)nn2)s1. The smallest absolute Gasteiger partial charge is 0.442 e. The highest BCUT2D eigenvalue weighted by molar-refractivity contribution is 7.15. The molecule has 0 aliphatic carbocycles. The number of nitrogens with zero attached hydrogens (tertiary/aromatic N) is 6. The Bertz CT molecular complexity index is 1750. The number of alkyl halides is 3. The van der Waals surface area contributed by atoms with E-state index in [-0.39, 0.29) is 24.6 Å². The van der Waals surface area contributed by atoms with Crippen molar-refractivity contribution in [3.63, 3.8) is 0 Å². The summed E-state index contributed by atoms with van der Waals surface area (Å²) in [5, 5.41) is 27.1. The molecule has 0 spiro atoms. The fourth-order valence-electron chi connectivity index (χ4n) is 4.51. The molecule has 0 radical (unpaired) electrons. The van der Waals surface area contributed by atoms with Gasteiger partial charge in [0.15, 0.2) is 5.82 Å². The number of benzene rings is 1. The van der Waals surface area contributed by atoms with Crippen molar-refractivity contribution in [2.24, 2.45) is 0 Å². The number of carbonyl (C=O) groups excluding carboxylic acids is 3. The lowest BCUT2D eigenvalue weighted by molar-refractivity contribution is -0.274. The number of amides is 2. The molecule has 256 valence electrons. The predicted molar refractivity (Wildman–Crippen MR) is 170 cm³/mol. The summed E-state index contributed by atoms with van der Waals surface area (Å²) in [6.07, 6.45) is -2.76. The van der Waals surface area contributed by atoms with E-state index in [9.17, 15) is 27.6 Å². The first kappa shape index (κ1) is 35.9. The summed E-state index contributed by atoms with van der Waals surface area (Å²) in [4.78, 5) is 37.6. The first-order chi connectivity index (χ1) is 22.5. The second kappa shape index (κ2) is 15.3. The second-order valence-corrected chi connectivity index (χ2v) is 12.9. The van der Waals surface area contributed by atoms with Crippen LogP contribution in [-0.4, -0.2) is 60.0 Å². The van der Waals surface area contributed by atoms with Crippen molar-refractivity contribution in [1.29, 1.82) is 0 Å². The summed E-state index contributed by atoms with van der Waals surface area (Å²) < 4.78 is 47.8. The lowest BCUT2D eigenvalue weighted by Crippen LogP contribution is -2.28. The van der Waals surface area contributed by atoms with Crippen molar-refractivity contribution in [1.82, 2.24) is 30.2 Å². The lowest BCUT2D eigenvalue weighted by atomic mass is 10.1. The number of aryl methyl sites for hydroxylation is 3. The quantitative estimate of drug-likeness (QED) is 0.175.